The van der Waals surface area contributed by atoms with Gasteiger partial charge in [-0.3, -0.25) is 4.79 Å². The summed E-state index contributed by atoms with van der Waals surface area (Å²) in [6.07, 6.45) is 15.8. The zero-order chi connectivity index (χ0) is 23.4. The van der Waals surface area contributed by atoms with Crippen molar-refractivity contribution in [2.75, 3.05) is 6.54 Å². The Morgan fingerprint density at radius 2 is 1.87 bits per heavy atom. The van der Waals surface area contributed by atoms with E-state index in [9.17, 15) is 4.79 Å². The van der Waals surface area contributed by atoms with Gasteiger partial charge in [0, 0.05) is 13.0 Å². The number of carbonyl (C=O) groups is 1. The number of carbonyl (C=O) groups excluding carboxylic acids is 1. The predicted octanol–water partition coefficient (Wildman–Crippen LogP) is 8.06. The van der Waals surface area contributed by atoms with Crippen molar-refractivity contribution in [3.63, 3.8) is 0 Å². The molecule has 0 atom stereocenters. The number of nitrogens with zero attached hydrogens (tertiary/aromatic N) is 1. The van der Waals surface area contributed by atoms with E-state index in [0.29, 0.717) is 24.3 Å². The van der Waals surface area contributed by atoms with Crippen molar-refractivity contribution >= 4 is 21.8 Å². The maximum atomic E-state index is 13.6. The summed E-state index contributed by atoms with van der Waals surface area (Å²) in [7, 11) is 0. The molecule has 0 unspecified atom stereocenters. The van der Waals surface area contributed by atoms with E-state index in [0.717, 1.165) is 33.5 Å². The van der Waals surface area contributed by atoms with Gasteiger partial charge in [-0.2, -0.15) is 0 Å². The zero-order valence-electron chi connectivity index (χ0n) is 19.4. The van der Waals surface area contributed by atoms with Crippen molar-refractivity contribution in [1.29, 1.82) is 0 Å². The third-order valence-electron chi connectivity index (χ3n) is 4.56. The lowest BCUT2D eigenvalue weighted by Crippen LogP contribution is -2.31. The minimum absolute atomic E-state index is 0.0390. The second-order valence-corrected chi connectivity index (χ2v) is 7.98. The first-order chi connectivity index (χ1) is 14.9. The monoisotopic (exact) mass is 483 g/mol. The lowest BCUT2D eigenvalue weighted by molar-refractivity contribution is 0.0815. The number of amides is 1. The molecule has 1 amide bonds. The summed E-state index contributed by atoms with van der Waals surface area (Å²) in [5.41, 5.74) is 3.59. The highest BCUT2D eigenvalue weighted by Gasteiger charge is 2.29. The van der Waals surface area contributed by atoms with Gasteiger partial charge in [0.2, 0.25) is 0 Å². The molecule has 3 nitrogen and oxygen atoms in total. The van der Waals surface area contributed by atoms with Gasteiger partial charge >= 0.3 is 0 Å². The normalized spacial score (nSPS) is 14.7. The second-order valence-electron chi connectivity index (χ2n) is 7.13. The SMILES string of the molecule is C/C=C\C=CCC1=C(C)Oc2c(Br)cc(C)cc2C(=O)N1C/C(C)=C/C=C\CC.C=C. The summed E-state index contributed by atoms with van der Waals surface area (Å²) in [6, 6.07) is 3.87. The molecule has 4 heteroatoms. The van der Waals surface area contributed by atoms with Crippen molar-refractivity contribution < 1.29 is 9.53 Å². The van der Waals surface area contributed by atoms with E-state index in [1.54, 1.807) is 0 Å². The van der Waals surface area contributed by atoms with Crippen LogP contribution in [0.5, 0.6) is 5.75 Å². The van der Waals surface area contributed by atoms with E-state index in [-0.39, 0.29) is 5.91 Å². The zero-order valence-corrected chi connectivity index (χ0v) is 21.0. The Hall–Kier alpha value is -2.59. The standard InChI is InChI=1S/C25H30BrNO2.C2H4/c1-6-8-10-12-14-23-20(5)29-24-21(15-19(4)16-22(24)26)25(28)27(23)17-18(3)13-11-9-7-2;1-2/h6,8-13,15-16H,7,14,17H2,1-5H3;1-2H2/b8-6-,11-9-,12-10?,18-13+;. The number of hydrogen-bond donors (Lipinski definition) is 0. The quantitative estimate of drug-likeness (QED) is 0.289. The van der Waals surface area contributed by atoms with Crippen LogP contribution in [0.4, 0.5) is 0 Å². The first kappa shape index (κ1) is 26.4. The molecule has 0 aromatic heterocycles. The van der Waals surface area contributed by atoms with Gasteiger partial charge < -0.3 is 9.64 Å². The Balaban J connectivity index is 0.00000233. The third-order valence-corrected chi connectivity index (χ3v) is 5.15. The van der Waals surface area contributed by atoms with Crippen LogP contribution in [-0.4, -0.2) is 17.4 Å². The smallest absolute Gasteiger partial charge is 0.262 e. The number of halogens is 1. The topological polar surface area (TPSA) is 29.5 Å². The van der Waals surface area contributed by atoms with Gasteiger partial charge in [0.05, 0.1) is 15.7 Å². The van der Waals surface area contributed by atoms with Crippen LogP contribution in [0.1, 0.15) is 56.5 Å². The average molecular weight is 484 g/mol. The van der Waals surface area contributed by atoms with E-state index >= 15 is 0 Å². The van der Waals surface area contributed by atoms with Crippen LogP contribution in [-0.2, 0) is 0 Å². The van der Waals surface area contributed by atoms with Crippen LogP contribution in [0, 0.1) is 6.92 Å². The van der Waals surface area contributed by atoms with Gasteiger partial charge in [0.1, 0.15) is 5.76 Å². The molecule has 0 aliphatic carbocycles. The fourth-order valence-electron chi connectivity index (χ4n) is 3.12. The first-order valence-corrected chi connectivity index (χ1v) is 11.3. The minimum atomic E-state index is -0.0390. The molecule has 1 heterocycles. The molecule has 0 spiro atoms. The molecule has 0 N–H and O–H groups in total. The summed E-state index contributed by atoms with van der Waals surface area (Å²) in [5.74, 6) is 1.29. The van der Waals surface area contributed by atoms with Crippen LogP contribution >= 0.6 is 15.9 Å². The summed E-state index contributed by atoms with van der Waals surface area (Å²) in [5, 5.41) is 0. The molecule has 2 rings (SSSR count). The molecule has 1 aromatic rings. The molecule has 0 bridgehead atoms. The van der Waals surface area contributed by atoms with Crippen molar-refractivity contribution in [1.82, 2.24) is 4.90 Å². The number of aryl methyl sites for hydroxylation is 1. The van der Waals surface area contributed by atoms with E-state index in [4.69, 9.17) is 4.74 Å². The summed E-state index contributed by atoms with van der Waals surface area (Å²) >= 11 is 3.57. The summed E-state index contributed by atoms with van der Waals surface area (Å²) < 4.78 is 6.97. The Kier molecular flexibility index (Phi) is 11.7. The molecule has 0 fully saturated rings. The molecule has 166 valence electrons. The van der Waals surface area contributed by atoms with Crippen LogP contribution in [0.3, 0.4) is 0 Å². The van der Waals surface area contributed by atoms with Gasteiger partial charge in [0.25, 0.3) is 5.91 Å². The predicted molar refractivity (Wildman–Crippen MR) is 136 cm³/mol. The maximum Gasteiger partial charge on any atom is 0.262 e. The van der Waals surface area contributed by atoms with Crippen LogP contribution < -0.4 is 4.74 Å². The van der Waals surface area contributed by atoms with Crippen LogP contribution in [0.2, 0.25) is 0 Å². The lowest BCUT2D eigenvalue weighted by atomic mass is 10.1. The highest BCUT2D eigenvalue weighted by atomic mass is 79.9. The van der Waals surface area contributed by atoms with E-state index < -0.39 is 0 Å². The van der Waals surface area contributed by atoms with Crippen molar-refractivity contribution in [3.05, 3.63) is 100 Å². The number of fused-ring (bicyclic) bond motifs is 1. The molecule has 1 aromatic carbocycles. The third kappa shape index (κ3) is 7.55. The molecule has 31 heavy (non-hydrogen) atoms. The Morgan fingerprint density at radius 3 is 2.52 bits per heavy atom. The maximum absolute atomic E-state index is 13.6. The highest BCUT2D eigenvalue weighted by molar-refractivity contribution is 9.10. The van der Waals surface area contributed by atoms with Crippen LogP contribution in [0.25, 0.3) is 0 Å². The molecule has 1 aliphatic heterocycles. The summed E-state index contributed by atoms with van der Waals surface area (Å²) in [6.45, 7) is 16.6. The van der Waals surface area contributed by atoms with Gasteiger partial charge in [0.15, 0.2) is 5.75 Å². The molecular formula is C27H34BrNO2. The van der Waals surface area contributed by atoms with Crippen molar-refractivity contribution in [3.8, 4) is 5.75 Å². The number of rotatable bonds is 7. The molecule has 1 aliphatic rings. The molecule has 0 radical (unpaired) electrons. The van der Waals surface area contributed by atoms with Crippen molar-refractivity contribution in [2.45, 2.75) is 47.5 Å². The molecule has 0 saturated carbocycles. The largest absolute Gasteiger partial charge is 0.458 e. The van der Waals surface area contributed by atoms with Crippen LogP contribution in [0.15, 0.2) is 89.3 Å². The average Bonchev–Trinajstić information content (AvgIpc) is 2.83. The lowest BCUT2D eigenvalue weighted by Gasteiger charge is -2.24. The molecular weight excluding hydrogens is 450 g/mol. The fraction of sp³-hybridized carbons (Fsp3) is 0.296. The Bertz CT molecular complexity index is 919. The Labute approximate surface area is 196 Å². The number of allylic oxidation sites excluding steroid dienone is 8. The van der Waals surface area contributed by atoms with Crippen molar-refractivity contribution in [2.24, 2.45) is 0 Å². The minimum Gasteiger partial charge on any atom is -0.458 e. The second kappa shape index (κ2) is 13.7. The first-order valence-electron chi connectivity index (χ1n) is 10.5. The van der Waals surface area contributed by atoms with Gasteiger partial charge in [-0.15, -0.1) is 13.2 Å². The van der Waals surface area contributed by atoms with E-state index in [1.165, 1.54) is 0 Å². The van der Waals surface area contributed by atoms with E-state index in [2.05, 4.69) is 61.2 Å². The fourth-order valence-corrected chi connectivity index (χ4v) is 3.78. The number of hydrogen-bond acceptors (Lipinski definition) is 2. The Morgan fingerprint density at radius 1 is 1.16 bits per heavy atom. The molecule has 0 saturated heterocycles. The van der Waals surface area contributed by atoms with Gasteiger partial charge in [-0.25, -0.2) is 0 Å². The highest BCUT2D eigenvalue weighted by Crippen LogP contribution is 2.37. The van der Waals surface area contributed by atoms with E-state index in [1.807, 2.05) is 62.1 Å². The number of benzene rings is 1. The van der Waals surface area contributed by atoms with Gasteiger partial charge in [-0.05, 0) is 67.7 Å². The van der Waals surface area contributed by atoms with Gasteiger partial charge in [-0.1, -0.05) is 55.0 Å². The summed E-state index contributed by atoms with van der Waals surface area (Å²) in [4.78, 5) is 15.4. The number of ether oxygens (including phenoxy) is 1.